The fourth-order valence-electron chi connectivity index (χ4n) is 2.49. The van der Waals surface area contributed by atoms with E-state index in [1.807, 2.05) is 30.3 Å². The van der Waals surface area contributed by atoms with Gasteiger partial charge in [0, 0.05) is 26.7 Å². The van der Waals surface area contributed by atoms with Crippen LogP contribution in [-0.2, 0) is 27.2 Å². The van der Waals surface area contributed by atoms with Gasteiger partial charge in [0.25, 0.3) is 0 Å². The van der Waals surface area contributed by atoms with Crippen LogP contribution in [0.5, 0.6) is 0 Å². The molecule has 1 amide bonds. The van der Waals surface area contributed by atoms with E-state index in [-0.39, 0.29) is 18.1 Å². The molecule has 0 saturated heterocycles. The number of carbonyl (C=O) groups excluding carboxylic acids is 2. The molecule has 0 aliphatic rings. The fraction of sp³-hybridized carbons (Fsp3) is 0.421. The molecule has 0 atom stereocenters. The first-order valence-corrected chi connectivity index (χ1v) is 8.47. The molecule has 0 aliphatic carbocycles. The summed E-state index contributed by atoms with van der Waals surface area (Å²) in [5.74, 6) is -0.264. The molecule has 2 aromatic rings. The third kappa shape index (κ3) is 6.00. The Morgan fingerprint density at radius 2 is 1.96 bits per heavy atom. The minimum atomic E-state index is -0.568. The van der Waals surface area contributed by atoms with Gasteiger partial charge in [-0.25, -0.2) is 9.78 Å². The van der Waals surface area contributed by atoms with Crippen LogP contribution in [0.1, 0.15) is 34.8 Å². The molecule has 26 heavy (non-hydrogen) atoms. The SMILES string of the molecule is COCCCN(Cc1nc(C(=O)OC)co1)C(=O)CCc1ccccc1. The summed E-state index contributed by atoms with van der Waals surface area (Å²) in [5.41, 5.74) is 1.21. The Balaban J connectivity index is 1.98. The summed E-state index contributed by atoms with van der Waals surface area (Å²) in [5, 5.41) is 0. The lowest BCUT2D eigenvalue weighted by molar-refractivity contribution is -0.132. The van der Waals surface area contributed by atoms with E-state index in [4.69, 9.17) is 9.15 Å². The summed E-state index contributed by atoms with van der Waals surface area (Å²) < 4.78 is 15.0. The van der Waals surface area contributed by atoms with Gasteiger partial charge in [-0.05, 0) is 18.4 Å². The van der Waals surface area contributed by atoms with Crippen molar-refractivity contribution in [1.82, 2.24) is 9.88 Å². The molecule has 7 nitrogen and oxygen atoms in total. The van der Waals surface area contributed by atoms with Crippen molar-refractivity contribution in [2.75, 3.05) is 27.4 Å². The second kappa shape index (κ2) is 10.4. The normalized spacial score (nSPS) is 10.5. The highest BCUT2D eigenvalue weighted by atomic mass is 16.5. The third-order valence-electron chi connectivity index (χ3n) is 3.87. The van der Waals surface area contributed by atoms with E-state index < -0.39 is 5.97 Å². The molecular weight excluding hydrogens is 336 g/mol. The van der Waals surface area contributed by atoms with Gasteiger partial charge >= 0.3 is 5.97 Å². The van der Waals surface area contributed by atoms with Gasteiger partial charge in [-0.15, -0.1) is 0 Å². The van der Waals surface area contributed by atoms with Crippen molar-refractivity contribution in [2.24, 2.45) is 0 Å². The number of amides is 1. The second-order valence-corrected chi connectivity index (χ2v) is 5.77. The number of benzene rings is 1. The van der Waals surface area contributed by atoms with Crippen molar-refractivity contribution in [3.8, 4) is 0 Å². The van der Waals surface area contributed by atoms with Crippen LogP contribution < -0.4 is 0 Å². The zero-order valence-electron chi connectivity index (χ0n) is 15.1. The maximum Gasteiger partial charge on any atom is 0.360 e. The van der Waals surface area contributed by atoms with Gasteiger partial charge in [0.15, 0.2) is 5.69 Å². The van der Waals surface area contributed by atoms with E-state index in [1.165, 1.54) is 13.4 Å². The summed E-state index contributed by atoms with van der Waals surface area (Å²) in [4.78, 5) is 29.9. The number of nitrogens with zero attached hydrogens (tertiary/aromatic N) is 2. The van der Waals surface area contributed by atoms with Crippen molar-refractivity contribution < 1.29 is 23.5 Å². The fourth-order valence-corrected chi connectivity index (χ4v) is 2.49. The summed E-state index contributed by atoms with van der Waals surface area (Å²) >= 11 is 0. The van der Waals surface area contributed by atoms with E-state index in [2.05, 4.69) is 9.72 Å². The monoisotopic (exact) mass is 360 g/mol. The van der Waals surface area contributed by atoms with Crippen molar-refractivity contribution in [1.29, 1.82) is 0 Å². The lowest BCUT2D eigenvalue weighted by Gasteiger charge is -2.21. The summed E-state index contributed by atoms with van der Waals surface area (Å²) in [6.45, 7) is 1.28. The maximum atomic E-state index is 12.6. The predicted molar refractivity (Wildman–Crippen MR) is 94.5 cm³/mol. The minimum absolute atomic E-state index is 0.00257. The number of aryl methyl sites for hydroxylation is 1. The molecule has 0 radical (unpaired) electrons. The number of ether oxygens (including phenoxy) is 2. The number of oxazole rings is 1. The lowest BCUT2D eigenvalue weighted by atomic mass is 10.1. The van der Waals surface area contributed by atoms with Gasteiger partial charge in [0.2, 0.25) is 11.8 Å². The smallest absolute Gasteiger partial charge is 0.360 e. The molecule has 0 bridgehead atoms. The number of hydrogen-bond acceptors (Lipinski definition) is 6. The molecule has 0 N–H and O–H groups in total. The van der Waals surface area contributed by atoms with Crippen LogP contribution in [0.2, 0.25) is 0 Å². The largest absolute Gasteiger partial charge is 0.464 e. The minimum Gasteiger partial charge on any atom is -0.464 e. The number of rotatable bonds is 10. The quantitative estimate of drug-likeness (QED) is 0.478. The van der Waals surface area contributed by atoms with Crippen LogP contribution in [0.3, 0.4) is 0 Å². The van der Waals surface area contributed by atoms with Gasteiger partial charge in [-0.3, -0.25) is 4.79 Å². The summed E-state index contributed by atoms with van der Waals surface area (Å²) in [6.07, 6.45) is 3.00. The second-order valence-electron chi connectivity index (χ2n) is 5.77. The van der Waals surface area contributed by atoms with Gasteiger partial charge in [0.05, 0.1) is 13.7 Å². The average Bonchev–Trinajstić information content (AvgIpc) is 3.14. The van der Waals surface area contributed by atoms with Crippen molar-refractivity contribution >= 4 is 11.9 Å². The Morgan fingerprint density at radius 3 is 2.65 bits per heavy atom. The van der Waals surface area contributed by atoms with Crippen LogP contribution in [0.25, 0.3) is 0 Å². The van der Waals surface area contributed by atoms with Gasteiger partial charge in [-0.1, -0.05) is 30.3 Å². The number of methoxy groups -OCH3 is 2. The molecule has 1 aromatic carbocycles. The lowest BCUT2D eigenvalue weighted by Crippen LogP contribution is -2.32. The van der Waals surface area contributed by atoms with Crippen molar-refractivity contribution in [3.05, 3.63) is 53.7 Å². The van der Waals surface area contributed by atoms with E-state index >= 15 is 0 Å². The van der Waals surface area contributed by atoms with E-state index in [0.29, 0.717) is 38.3 Å². The van der Waals surface area contributed by atoms with Crippen molar-refractivity contribution in [2.45, 2.75) is 25.8 Å². The van der Waals surface area contributed by atoms with Gasteiger partial charge in [0.1, 0.15) is 6.26 Å². The number of esters is 1. The molecule has 1 heterocycles. The highest BCUT2D eigenvalue weighted by Gasteiger charge is 2.18. The first kappa shape index (κ1) is 19.7. The first-order valence-electron chi connectivity index (χ1n) is 8.47. The Labute approximate surface area is 152 Å². The Morgan fingerprint density at radius 1 is 1.19 bits per heavy atom. The van der Waals surface area contributed by atoms with Crippen LogP contribution in [0.15, 0.2) is 41.0 Å². The predicted octanol–water partition coefficient (Wildman–Crippen LogP) is 2.46. The van der Waals surface area contributed by atoms with Crippen LogP contribution >= 0.6 is 0 Å². The molecular formula is C19H24N2O5. The van der Waals surface area contributed by atoms with Crippen LogP contribution in [0, 0.1) is 0 Å². The zero-order valence-corrected chi connectivity index (χ0v) is 15.1. The molecule has 0 saturated carbocycles. The van der Waals surface area contributed by atoms with Gasteiger partial charge < -0.3 is 18.8 Å². The van der Waals surface area contributed by atoms with E-state index in [0.717, 1.165) is 5.56 Å². The molecule has 1 aromatic heterocycles. The number of hydrogen-bond donors (Lipinski definition) is 0. The van der Waals surface area contributed by atoms with E-state index in [9.17, 15) is 9.59 Å². The van der Waals surface area contributed by atoms with E-state index in [1.54, 1.807) is 12.0 Å². The number of aromatic nitrogens is 1. The third-order valence-corrected chi connectivity index (χ3v) is 3.87. The summed E-state index contributed by atoms with van der Waals surface area (Å²) in [6, 6.07) is 9.86. The Bertz CT molecular complexity index is 699. The molecule has 0 fully saturated rings. The molecule has 7 heteroatoms. The topological polar surface area (TPSA) is 81.9 Å². The standard InChI is InChI=1S/C19H24N2O5/c1-24-12-6-11-21(13-17-20-16(14-26-17)19(23)25-2)18(22)10-9-15-7-4-3-5-8-15/h3-5,7-8,14H,6,9-13H2,1-2H3. The Kier molecular flexibility index (Phi) is 7.82. The molecule has 0 aliphatic heterocycles. The zero-order chi connectivity index (χ0) is 18.8. The number of carbonyl (C=O) groups is 2. The summed E-state index contributed by atoms with van der Waals surface area (Å²) in [7, 11) is 2.90. The molecule has 0 unspecified atom stereocenters. The van der Waals surface area contributed by atoms with Crippen LogP contribution in [-0.4, -0.2) is 49.1 Å². The van der Waals surface area contributed by atoms with Crippen LogP contribution in [0.4, 0.5) is 0 Å². The molecule has 0 spiro atoms. The maximum absolute atomic E-state index is 12.6. The van der Waals surface area contributed by atoms with Crippen molar-refractivity contribution in [3.63, 3.8) is 0 Å². The van der Waals surface area contributed by atoms with Gasteiger partial charge in [-0.2, -0.15) is 0 Å². The Hall–Kier alpha value is -2.67. The average molecular weight is 360 g/mol. The highest BCUT2D eigenvalue weighted by Crippen LogP contribution is 2.11. The highest BCUT2D eigenvalue weighted by molar-refractivity contribution is 5.86. The molecule has 140 valence electrons. The first-order chi connectivity index (χ1) is 12.6. The molecule has 2 rings (SSSR count).